The van der Waals surface area contributed by atoms with Gasteiger partial charge in [-0.05, 0) is 44.0 Å². The van der Waals surface area contributed by atoms with Gasteiger partial charge in [0.2, 0.25) is 0 Å². The van der Waals surface area contributed by atoms with Crippen LogP contribution in [0.2, 0.25) is 0 Å². The van der Waals surface area contributed by atoms with Crippen molar-refractivity contribution in [2.24, 2.45) is 0 Å². The summed E-state index contributed by atoms with van der Waals surface area (Å²) in [6.45, 7) is 4.27. The number of phenols is 1. The molecule has 0 radical (unpaired) electrons. The van der Waals surface area contributed by atoms with E-state index in [1.54, 1.807) is 6.07 Å². The first-order chi connectivity index (χ1) is 7.75. The van der Waals surface area contributed by atoms with Crippen LogP contribution in [0.5, 0.6) is 5.75 Å². The van der Waals surface area contributed by atoms with E-state index in [2.05, 4.69) is 17.6 Å². The summed E-state index contributed by atoms with van der Waals surface area (Å²) in [5.41, 5.74) is 1.14. The van der Waals surface area contributed by atoms with E-state index in [1.807, 2.05) is 18.2 Å². The molecule has 1 aromatic carbocycles. The highest BCUT2D eigenvalue weighted by molar-refractivity contribution is 5.29. The van der Waals surface area contributed by atoms with Crippen LogP contribution in [0.15, 0.2) is 24.3 Å². The second kappa shape index (κ2) is 5.32. The third-order valence-electron chi connectivity index (χ3n) is 3.20. The van der Waals surface area contributed by atoms with Crippen LogP contribution in [0.25, 0.3) is 0 Å². The van der Waals surface area contributed by atoms with E-state index in [4.69, 9.17) is 0 Å². The molecular weight excluding hydrogens is 200 g/mol. The van der Waals surface area contributed by atoms with Gasteiger partial charge >= 0.3 is 0 Å². The molecular formula is C13H20N2O. The summed E-state index contributed by atoms with van der Waals surface area (Å²) in [5, 5.41) is 16.4. The zero-order valence-corrected chi connectivity index (χ0v) is 9.74. The molecule has 0 saturated carbocycles. The Kier molecular flexibility index (Phi) is 3.80. The molecule has 1 saturated heterocycles. The lowest BCUT2D eigenvalue weighted by atomic mass is 10.1. The first-order valence-corrected chi connectivity index (χ1v) is 6.01. The van der Waals surface area contributed by atoms with Crippen molar-refractivity contribution >= 4 is 0 Å². The third kappa shape index (κ3) is 2.97. The monoisotopic (exact) mass is 220 g/mol. The molecule has 2 unspecified atom stereocenters. The highest BCUT2D eigenvalue weighted by atomic mass is 16.3. The topological polar surface area (TPSA) is 44.3 Å². The van der Waals surface area contributed by atoms with Crippen LogP contribution < -0.4 is 10.6 Å². The molecule has 3 N–H and O–H groups in total. The predicted molar refractivity (Wildman–Crippen MR) is 65.5 cm³/mol. The summed E-state index contributed by atoms with van der Waals surface area (Å²) in [6, 6.07) is 8.35. The molecule has 2 atom stereocenters. The predicted octanol–water partition coefficient (Wildman–Crippen LogP) is 1.79. The summed E-state index contributed by atoms with van der Waals surface area (Å²) in [4.78, 5) is 0. The molecule has 16 heavy (non-hydrogen) atoms. The fourth-order valence-electron chi connectivity index (χ4n) is 2.16. The van der Waals surface area contributed by atoms with Gasteiger partial charge < -0.3 is 15.7 Å². The van der Waals surface area contributed by atoms with Crippen LogP contribution in [0.4, 0.5) is 0 Å². The van der Waals surface area contributed by atoms with Crippen LogP contribution in [-0.2, 0) is 0 Å². The Morgan fingerprint density at radius 2 is 2.44 bits per heavy atom. The van der Waals surface area contributed by atoms with Crippen molar-refractivity contribution in [2.45, 2.75) is 31.8 Å². The van der Waals surface area contributed by atoms with E-state index in [-0.39, 0.29) is 6.04 Å². The molecule has 1 fully saturated rings. The minimum absolute atomic E-state index is 0.287. The summed E-state index contributed by atoms with van der Waals surface area (Å²) < 4.78 is 0. The molecule has 3 heteroatoms. The van der Waals surface area contributed by atoms with Gasteiger partial charge in [0.15, 0.2) is 0 Å². The maximum atomic E-state index is 9.40. The molecule has 0 amide bonds. The largest absolute Gasteiger partial charge is 0.508 e. The average Bonchev–Trinajstić information content (AvgIpc) is 2.78. The number of nitrogens with one attached hydrogen (secondary N) is 2. The standard InChI is InChI=1S/C13H20N2O/c1-10(11-4-2-6-13(16)8-11)15-9-12-5-3-7-14-12/h2,4,6,8,10,12,14-16H,3,5,7,9H2,1H3. The van der Waals surface area contributed by atoms with Crippen LogP contribution in [0.1, 0.15) is 31.4 Å². The van der Waals surface area contributed by atoms with E-state index >= 15 is 0 Å². The minimum Gasteiger partial charge on any atom is -0.508 e. The summed E-state index contributed by atoms with van der Waals surface area (Å²) in [7, 11) is 0. The fraction of sp³-hybridized carbons (Fsp3) is 0.538. The highest BCUT2D eigenvalue weighted by Gasteiger charge is 2.14. The summed E-state index contributed by atoms with van der Waals surface area (Å²) >= 11 is 0. The molecule has 0 bridgehead atoms. The molecule has 2 rings (SSSR count). The van der Waals surface area contributed by atoms with Crippen molar-refractivity contribution in [2.75, 3.05) is 13.1 Å². The van der Waals surface area contributed by atoms with Crippen molar-refractivity contribution in [3.8, 4) is 5.75 Å². The highest BCUT2D eigenvalue weighted by Crippen LogP contribution is 2.17. The van der Waals surface area contributed by atoms with Gasteiger partial charge in [0.05, 0.1) is 0 Å². The summed E-state index contributed by atoms with van der Waals surface area (Å²) in [6.07, 6.45) is 2.55. The molecule has 0 spiro atoms. The Balaban J connectivity index is 1.85. The number of hydrogen-bond donors (Lipinski definition) is 3. The quantitative estimate of drug-likeness (QED) is 0.725. The molecule has 1 heterocycles. The van der Waals surface area contributed by atoms with Crippen LogP contribution in [0.3, 0.4) is 0 Å². The molecule has 0 aliphatic carbocycles. The lowest BCUT2D eigenvalue weighted by Crippen LogP contribution is -2.35. The number of hydrogen-bond acceptors (Lipinski definition) is 3. The molecule has 1 aliphatic rings. The van der Waals surface area contributed by atoms with Crippen LogP contribution in [-0.4, -0.2) is 24.2 Å². The maximum absolute atomic E-state index is 9.40. The Hall–Kier alpha value is -1.06. The van der Waals surface area contributed by atoms with Gasteiger partial charge in [-0.15, -0.1) is 0 Å². The van der Waals surface area contributed by atoms with Gasteiger partial charge in [0, 0.05) is 18.6 Å². The Labute approximate surface area is 96.9 Å². The average molecular weight is 220 g/mol. The van der Waals surface area contributed by atoms with Gasteiger partial charge in [-0.1, -0.05) is 12.1 Å². The van der Waals surface area contributed by atoms with E-state index in [9.17, 15) is 5.11 Å². The zero-order valence-electron chi connectivity index (χ0n) is 9.74. The van der Waals surface area contributed by atoms with E-state index in [1.165, 1.54) is 12.8 Å². The number of aromatic hydroxyl groups is 1. The van der Waals surface area contributed by atoms with Gasteiger partial charge in [0.1, 0.15) is 5.75 Å². The molecule has 0 aromatic heterocycles. The van der Waals surface area contributed by atoms with Crippen LogP contribution in [0, 0.1) is 0 Å². The minimum atomic E-state index is 0.287. The van der Waals surface area contributed by atoms with Crippen molar-refractivity contribution < 1.29 is 5.11 Å². The van der Waals surface area contributed by atoms with Crippen LogP contribution >= 0.6 is 0 Å². The van der Waals surface area contributed by atoms with Crippen molar-refractivity contribution in [1.29, 1.82) is 0 Å². The Morgan fingerprint density at radius 1 is 1.56 bits per heavy atom. The van der Waals surface area contributed by atoms with Crippen molar-refractivity contribution in [3.63, 3.8) is 0 Å². The molecule has 3 nitrogen and oxygen atoms in total. The lowest BCUT2D eigenvalue weighted by Gasteiger charge is -2.17. The number of rotatable bonds is 4. The van der Waals surface area contributed by atoms with Gasteiger partial charge in [-0.3, -0.25) is 0 Å². The first-order valence-electron chi connectivity index (χ1n) is 6.01. The molecule has 1 aliphatic heterocycles. The third-order valence-corrected chi connectivity index (χ3v) is 3.20. The summed E-state index contributed by atoms with van der Waals surface area (Å²) in [5.74, 6) is 0.338. The van der Waals surface area contributed by atoms with E-state index < -0.39 is 0 Å². The lowest BCUT2D eigenvalue weighted by molar-refractivity contribution is 0.467. The zero-order chi connectivity index (χ0) is 11.4. The van der Waals surface area contributed by atoms with Crippen molar-refractivity contribution in [3.05, 3.63) is 29.8 Å². The Bertz CT molecular complexity index is 334. The normalized spacial score (nSPS) is 22.2. The van der Waals surface area contributed by atoms with Gasteiger partial charge in [-0.25, -0.2) is 0 Å². The molecule has 1 aromatic rings. The SMILES string of the molecule is CC(NCC1CCCN1)c1cccc(O)c1. The fourth-order valence-corrected chi connectivity index (χ4v) is 2.16. The first kappa shape index (κ1) is 11.4. The molecule has 88 valence electrons. The second-order valence-corrected chi connectivity index (χ2v) is 4.52. The smallest absolute Gasteiger partial charge is 0.115 e. The second-order valence-electron chi connectivity index (χ2n) is 4.52. The van der Waals surface area contributed by atoms with Gasteiger partial charge in [-0.2, -0.15) is 0 Å². The number of benzene rings is 1. The van der Waals surface area contributed by atoms with E-state index in [0.29, 0.717) is 11.8 Å². The van der Waals surface area contributed by atoms with Crippen molar-refractivity contribution in [1.82, 2.24) is 10.6 Å². The number of phenolic OH excluding ortho intramolecular Hbond substituents is 1. The van der Waals surface area contributed by atoms with Gasteiger partial charge in [0.25, 0.3) is 0 Å². The Morgan fingerprint density at radius 3 is 3.12 bits per heavy atom. The maximum Gasteiger partial charge on any atom is 0.115 e. The van der Waals surface area contributed by atoms with E-state index in [0.717, 1.165) is 18.7 Å².